The van der Waals surface area contributed by atoms with Crippen LogP contribution < -0.4 is 0 Å². The molecule has 0 atom stereocenters. The molecule has 1 N–H and O–H groups in total. The molecule has 4 rings (SSSR count). The van der Waals surface area contributed by atoms with Gasteiger partial charge in [-0.15, -0.1) is 0 Å². The van der Waals surface area contributed by atoms with E-state index in [1.807, 2.05) is 71.0 Å². The quantitative estimate of drug-likeness (QED) is 0.471. The lowest BCUT2D eigenvalue weighted by atomic mass is 9.91. The van der Waals surface area contributed by atoms with E-state index in [0.29, 0.717) is 25.2 Å². The number of rotatable bonds is 4. The van der Waals surface area contributed by atoms with Crippen LogP contribution in [-0.4, -0.2) is 51.7 Å². The molecule has 2 aliphatic heterocycles. The summed E-state index contributed by atoms with van der Waals surface area (Å²) >= 11 is 0. The molecule has 2 aromatic carbocycles. The summed E-state index contributed by atoms with van der Waals surface area (Å²) < 4.78 is 13.4. The first-order valence-corrected chi connectivity index (χ1v) is 11.7. The smallest absolute Gasteiger partial charge is 0.187 e. The minimum atomic E-state index is -0.507. The molecule has 2 aliphatic rings. The number of ketones is 1. The number of hydroxylamine groups is 2. The molecule has 0 spiro atoms. The summed E-state index contributed by atoms with van der Waals surface area (Å²) in [4.78, 5) is 15.7. The van der Waals surface area contributed by atoms with E-state index in [0.717, 1.165) is 22.3 Å². The van der Waals surface area contributed by atoms with E-state index in [1.54, 1.807) is 12.1 Å². The molecule has 0 aliphatic carbocycles. The molecular formula is C29H33FN2O2. The van der Waals surface area contributed by atoms with E-state index in [2.05, 4.69) is 11.0 Å². The minimum absolute atomic E-state index is 0.0185. The van der Waals surface area contributed by atoms with Crippen molar-refractivity contribution < 1.29 is 14.4 Å². The van der Waals surface area contributed by atoms with Gasteiger partial charge in [-0.1, -0.05) is 48.0 Å². The molecule has 0 amide bonds. The zero-order valence-electron chi connectivity index (χ0n) is 20.6. The Bertz CT molecular complexity index is 1100. The maximum atomic E-state index is 13.4. The van der Waals surface area contributed by atoms with Gasteiger partial charge in [-0.25, -0.2) is 4.39 Å². The van der Waals surface area contributed by atoms with Crippen molar-refractivity contribution in [3.8, 4) is 0 Å². The molecule has 0 saturated carbocycles. The second kappa shape index (κ2) is 9.06. The fourth-order valence-electron chi connectivity index (χ4n) is 4.85. The van der Waals surface area contributed by atoms with Crippen molar-refractivity contribution >= 4 is 17.9 Å². The Labute approximate surface area is 201 Å². The van der Waals surface area contributed by atoms with Crippen LogP contribution in [0.2, 0.25) is 0 Å². The Morgan fingerprint density at radius 3 is 1.88 bits per heavy atom. The topological polar surface area (TPSA) is 43.8 Å². The van der Waals surface area contributed by atoms with Gasteiger partial charge in [0.2, 0.25) is 0 Å². The predicted octanol–water partition coefficient (Wildman–Crippen LogP) is 5.67. The van der Waals surface area contributed by atoms with E-state index in [9.17, 15) is 14.4 Å². The monoisotopic (exact) mass is 460 g/mol. The molecular weight excluding hydrogens is 427 g/mol. The Kier molecular flexibility index (Phi) is 6.47. The summed E-state index contributed by atoms with van der Waals surface area (Å²) in [5, 5.41) is 12.1. The van der Waals surface area contributed by atoms with Gasteiger partial charge in [0.25, 0.3) is 0 Å². The third kappa shape index (κ3) is 4.97. The fourth-order valence-corrected chi connectivity index (χ4v) is 4.85. The molecule has 4 nitrogen and oxygen atoms in total. The van der Waals surface area contributed by atoms with E-state index in [-0.39, 0.29) is 11.6 Å². The molecule has 2 heterocycles. The third-order valence-electron chi connectivity index (χ3n) is 6.78. The van der Waals surface area contributed by atoms with Gasteiger partial charge < -0.3 is 5.21 Å². The lowest BCUT2D eigenvalue weighted by molar-refractivity contribution is -0.185. The zero-order valence-corrected chi connectivity index (χ0v) is 20.6. The maximum Gasteiger partial charge on any atom is 0.187 e. The van der Waals surface area contributed by atoms with Gasteiger partial charge in [-0.3, -0.25) is 9.69 Å². The Hall–Kier alpha value is -2.86. The molecule has 1 saturated heterocycles. The maximum absolute atomic E-state index is 13.4. The molecule has 1 fully saturated rings. The van der Waals surface area contributed by atoms with Crippen LogP contribution in [0.4, 0.5) is 4.39 Å². The van der Waals surface area contributed by atoms with Crippen molar-refractivity contribution in [1.29, 1.82) is 0 Å². The molecule has 2 aromatic rings. The van der Waals surface area contributed by atoms with E-state index in [1.165, 1.54) is 22.8 Å². The van der Waals surface area contributed by atoms with E-state index in [4.69, 9.17) is 0 Å². The summed E-state index contributed by atoms with van der Waals surface area (Å²) in [7, 11) is 0. The van der Waals surface area contributed by atoms with Crippen molar-refractivity contribution in [3.05, 3.63) is 93.8 Å². The summed E-state index contributed by atoms with van der Waals surface area (Å²) in [6.07, 6.45) is 5.94. The number of carbonyl (C=O) groups excluding carboxylic acids is 1. The number of benzene rings is 2. The second-order valence-electron chi connectivity index (χ2n) is 10.5. The number of likely N-dealkylation sites (tertiary alicyclic amines) is 1. The highest BCUT2D eigenvalue weighted by molar-refractivity contribution is 6.14. The number of hydrogen-bond donors (Lipinski definition) is 1. The molecule has 0 bridgehead atoms. The summed E-state index contributed by atoms with van der Waals surface area (Å²) in [5.74, 6) is -0.282. The van der Waals surface area contributed by atoms with Crippen LogP contribution in [0.5, 0.6) is 0 Å². The minimum Gasteiger partial charge on any atom is -0.312 e. The Balaban J connectivity index is 1.69. The largest absolute Gasteiger partial charge is 0.312 e. The number of hydrogen-bond acceptors (Lipinski definition) is 4. The van der Waals surface area contributed by atoms with E-state index < -0.39 is 11.1 Å². The average molecular weight is 461 g/mol. The second-order valence-corrected chi connectivity index (χ2v) is 10.5. The number of piperidine rings is 1. The number of aryl methyl sites for hydroxylation is 1. The fraction of sp³-hybridized carbons (Fsp3) is 0.345. The van der Waals surface area contributed by atoms with Crippen LogP contribution in [0.1, 0.15) is 44.4 Å². The number of Topliss-reactive ketones (excluding diaryl/α,β-unsaturated/α-hetero) is 1. The Morgan fingerprint density at radius 1 is 0.912 bits per heavy atom. The van der Waals surface area contributed by atoms with E-state index >= 15 is 0 Å². The molecule has 5 heteroatoms. The van der Waals surface area contributed by atoms with Crippen LogP contribution in [0.25, 0.3) is 12.2 Å². The van der Waals surface area contributed by atoms with Gasteiger partial charge in [0.1, 0.15) is 5.82 Å². The average Bonchev–Trinajstić information content (AvgIpc) is 2.93. The standard InChI is InChI=1S/C29H33FN2O2/c1-20-6-8-21(9-7-20)14-23-17-31(19-25-16-28(2,3)32(34)29(25,4)5)18-24(27(23)33)15-22-10-12-26(30)13-11-22/h6-16,34H,17-19H2,1-5H3/b23-14+,24-15+. The van der Waals surface area contributed by atoms with Crippen molar-refractivity contribution in [2.75, 3.05) is 19.6 Å². The van der Waals surface area contributed by atoms with Gasteiger partial charge in [-0.2, -0.15) is 5.06 Å². The molecule has 0 radical (unpaired) electrons. The zero-order chi connectivity index (χ0) is 24.7. The van der Waals surface area contributed by atoms with Crippen molar-refractivity contribution in [2.45, 2.75) is 45.7 Å². The molecule has 0 aromatic heterocycles. The van der Waals surface area contributed by atoms with Crippen molar-refractivity contribution in [3.63, 3.8) is 0 Å². The number of carbonyl (C=O) groups is 1. The lowest BCUT2D eigenvalue weighted by Gasteiger charge is -2.38. The highest BCUT2D eigenvalue weighted by atomic mass is 19.1. The van der Waals surface area contributed by atoms with Crippen molar-refractivity contribution in [1.82, 2.24) is 9.96 Å². The van der Waals surface area contributed by atoms with Crippen LogP contribution >= 0.6 is 0 Å². The molecule has 34 heavy (non-hydrogen) atoms. The van der Waals surface area contributed by atoms with Gasteiger partial charge in [-0.05, 0) is 75.6 Å². The van der Waals surface area contributed by atoms with Crippen LogP contribution in [0.15, 0.2) is 71.3 Å². The normalized spacial score (nSPS) is 23.0. The van der Waals surface area contributed by atoms with Gasteiger partial charge in [0.15, 0.2) is 5.78 Å². The first kappa shape index (κ1) is 24.3. The van der Waals surface area contributed by atoms with Gasteiger partial charge >= 0.3 is 0 Å². The first-order valence-electron chi connectivity index (χ1n) is 11.7. The third-order valence-corrected chi connectivity index (χ3v) is 6.78. The predicted molar refractivity (Wildman–Crippen MR) is 135 cm³/mol. The summed E-state index contributed by atoms with van der Waals surface area (Å²) in [6, 6.07) is 14.3. The first-order chi connectivity index (χ1) is 16.0. The van der Waals surface area contributed by atoms with Crippen LogP contribution in [-0.2, 0) is 4.79 Å². The highest BCUT2D eigenvalue weighted by Crippen LogP contribution is 2.39. The number of halogens is 1. The highest BCUT2D eigenvalue weighted by Gasteiger charge is 2.45. The SMILES string of the molecule is Cc1ccc(/C=C2\CN(CC3=CC(C)(C)N(O)C3(C)C)C/C(=C\c3ccc(F)cc3)C2=O)cc1. The molecule has 178 valence electrons. The summed E-state index contributed by atoms with van der Waals surface area (Å²) in [5.41, 5.74) is 4.49. The van der Waals surface area contributed by atoms with Crippen LogP contribution in [0, 0.1) is 12.7 Å². The lowest BCUT2D eigenvalue weighted by Crippen LogP contribution is -2.49. The van der Waals surface area contributed by atoms with Crippen molar-refractivity contribution in [2.24, 2.45) is 0 Å². The van der Waals surface area contributed by atoms with Crippen LogP contribution in [0.3, 0.4) is 0 Å². The summed E-state index contributed by atoms with van der Waals surface area (Å²) in [6.45, 7) is 11.7. The van der Waals surface area contributed by atoms with Gasteiger partial charge in [0.05, 0.1) is 11.1 Å². The Morgan fingerprint density at radius 2 is 1.41 bits per heavy atom. The molecule has 0 unspecified atom stereocenters. The van der Waals surface area contributed by atoms with Gasteiger partial charge in [0, 0.05) is 30.8 Å². The number of nitrogens with zero attached hydrogens (tertiary/aromatic N) is 2.